The lowest BCUT2D eigenvalue weighted by molar-refractivity contribution is -0.128. The Hall–Kier alpha value is -2.48. The lowest BCUT2D eigenvalue weighted by Crippen LogP contribution is -2.05. The number of hydrogen-bond acceptors (Lipinski definition) is 5. The summed E-state index contributed by atoms with van der Waals surface area (Å²) in [7, 11) is 0. The summed E-state index contributed by atoms with van der Waals surface area (Å²) >= 11 is 3.17. The van der Waals surface area contributed by atoms with Crippen LogP contribution in [-0.4, -0.2) is 24.2 Å². The minimum atomic E-state index is -2.95. The van der Waals surface area contributed by atoms with Gasteiger partial charge in [0.25, 0.3) is 0 Å². The van der Waals surface area contributed by atoms with Gasteiger partial charge in [0, 0.05) is 12.3 Å². The number of rotatable bonds is 7. The Morgan fingerprint density at radius 3 is 2.76 bits per heavy atom. The standard InChI is InChI=1S/C17H14BrF2NO4/c1-2-23-14-10-11(5-7-12(14)25-17(19)20)6-8-15(22)24-13-4-3-9-21-16(13)18/h3-10,17H,2H2,1H3. The molecule has 1 heterocycles. The summed E-state index contributed by atoms with van der Waals surface area (Å²) in [5.41, 5.74) is 0.562. The molecule has 0 aliphatic rings. The minimum Gasteiger partial charge on any atom is -0.490 e. The molecule has 0 unspecified atom stereocenters. The van der Waals surface area contributed by atoms with Crippen molar-refractivity contribution in [3.05, 3.63) is 52.8 Å². The molecular formula is C17H14BrF2NO4. The first-order valence-electron chi connectivity index (χ1n) is 7.21. The first-order valence-corrected chi connectivity index (χ1v) is 8.01. The fraction of sp³-hybridized carbons (Fsp3) is 0.176. The van der Waals surface area contributed by atoms with E-state index in [1.165, 1.54) is 30.4 Å². The molecule has 2 aromatic rings. The van der Waals surface area contributed by atoms with Crippen LogP contribution in [0.4, 0.5) is 8.78 Å². The van der Waals surface area contributed by atoms with Crippen LogP contribution in [0.5, 0.6) is 17.2 Å². The summed E-state index contributed by atoms with van der Waals surface area (Å²) in [5.74, 6) is -0.239. The van der Waals surface area contributed by atoms with Crippen LogP contribution in [0, 0.1) is 0 Å². The SMILES string of the molecule is CCOc1cc(C=CC(=O)Oc2cccnc2Br)ccc1OC(F)F. The fourth-order valence-corrected chi connectivity index (χ4v) is 2.18. The number of carbonyl (C=O) groups excluding carboxylic acids is 1. The minimum absolute atomic E-state index is 0.0733. The molecule has 0 saturated heterocycles. The zero-order valence-corrected chi connectivity index (χ0v) is 14.7. The first-order chi connectivity index (χ1) is 12.0. The van der Waals surface area contributed by atoms with Crippen molar-refractivity contribution in [2.24, 2.45) is 0 Å². The molecule has 0 amide bonds. The van der Waals surface area contributed by atoms with E-state index in [2.05, 4.69) is 25.7 Å². The Bertz CT molecular complexity index is 768. The third-order valence-corrected chi connectivity index (χ3v) is 3.43. The first kappa shape index (κ1) is 18.9. The summed E-state index contributed by atoms with van der Waals surface area (Å²) in [6.07, 6.45) is 4.23. The molecule has 2 rings (SSSR count). The molecule has 0 aliphatic carbocycles. The van der Waals surface area contributed by atoms with Gasteiger partial charge in [-0.25, -0.2) is 9.78 Å². The molecule has 25 heavy (non-hydrogen) atoms. The number of carbonyl (C=O) groups is 1. The molecule has 0 spiro atoms. The van der Waals surface area contributed by atoms with E-state index in [1.807, 2.05) is 0 Å². The van der Waals surface area contributed by atoms with Crippen molar-refractivity contribution in [2.45, 2.75) is 13.5 Å². The molecular weight excluding hydrogens is 400 g/mol. The third-order valence-electron chi connectivity index (χ3n) is 2.83. The van der Waals surface area contributed by atoms with Crippen molar-refractivity contribution in [2.75, 3.05) is 6.61 Å². The molecule has 0 radical (unpaired) electrons. The van der Waals surface area contributed by atoms with Crippen LogP contribution >= 0.6 is 15.9 Å². The lowest BCUT2D eigenvalue weighted by Gasteiger charge is -2.11. The Morgan fingerprint density at radius 1 is 1.28 bits per heavy atom. The van der Waals surface area contributed by atoms with Gasteiger partial charge >= 0.3 is 12.6 Å². The van der Waals surface area contributed by atoms with Crippen LogP contribution in [-0.2, 0) is 4.79 Å². The van der Waals surface area contributed by atoms with Crippen LogP contribution in [0.1, 0.15) is 12.5 Å². The van der Waals surface area contributed by atoms with Crippen molar-refractivity contribution in [1.82, 2.24) is 4.98 Å². The van der Waals surface area contributed by atoms with Crippen LogP contribution in [0.2, 0.25) is 0 Å². The highest BCUT2D eigenvalue weighted by atomic mass is 79.9. The Morgan fingerprint density at radius 2 is 2.08 bits per heavy atom. The van der Waals surface area contributed by atoms with E-state index in [1.54, 1.807) is 25.3 Å². The second-order valence-corrected chi connectivity index (χ2v) is 5.32. The second-order valence-electron chi connectivity index (χ2n) is 4.56. The third kappa shape index (κ3) is 5.82. The molecule has 0 atom stereocenters. The van der Waals surface area contributed by atoms with Crippen molar-refractivity contribution in [1.29, 1.82) is 0 Å². The van der Waals surface area contributed by atoms with Gasteiger partial charge in [-0.1, -0.05) is 6.07 Å². The smallest absolute Gasteiger partial charge is 0.387 e. The molecule has 132 valence electrons. The van der Waals surface area contributed by atoms with Crippen molar-refractivity contribution in [3.8, 4) is 17.2 Å². The molecule has 0 fully saturated rings. The highest BCUT2D eigenvalue weighted by Crippen LogP contribution is 2.30. The molecule has 0 saturated carbocycles. The maximum atomic E-state index is 12.4. The van der Waals surface area contributed by atoms with Crippen LogP contribution in [0.3, 0.4) is 0 Å². The molecule has 1 aromatic carbocycles. The van der Waals surface area contributed by atoms with Crippen LogP contribution < -0.4 is 14.2 Å². The van der Waals surface area contributed by atoms with E-state index < -0.39 is 12.6 Å². The number of ether oxygens (including phenoxy) is 3. The highest BCUT2D eigenvalue weighted by Gasteiger charge is 2.11. The quantitative estimate of drug-likeness (QED) is 0.380. The Balaban J connectivity index is 2.10. The van der Waals surface area contributed by atoms with E-state index in [9.17, 15) is 13.6 Å². The van der Waals surface area contributed by atoms with Crippen molar-refractivity contribution >= 4 is 28.0 Å². The summed E-state index contributed by atoms with van der Waals surface area (Å²) in [4.78, 5) is 15.8. The summed E-state index contributed by atoms with van der Waals surface area (Å²) in [5, 5.41) is 0. The summed E-state index contributed by atoms with van der Waals surface area (Å²) in [6, 6.07) is 7.58. The number of benzene rings is 1. The van der Waals surface area contributed by atoms with Gasteiger partial charge in [0.15, 0.2) is 17.2 Å². The predicted molar refractivity (Wildman–Crippen MR) is 90.8 cm³/mol. The van der Waals surface area contributed by atoms with Gasteiger partial charge in [-0.2, -0.15) is 8.78 Å². The van der Waals surface area contributed by atoms with E-state index >= 15 is 0 Å². The van der Waals surface area contributed by atoms with Crippen LogP contribution in [0.15, 0.2) is 47.2 Å². The van der Waals surface area contributed by atoms with Gasteiger partial charge in [-0.3, -0.25) is 0 Å². The van der Waals surface area contributed by atoms with E-state index in [-0.39, 0.29) is 23.9 Å². The number of esters is 1. The number of pyridine rings is 1. The number of halogens is 3. The molecule has 1 aromatic heterocycles. The monoisotopic (exact) mass is 413 g/mol. The average Bonchev–Trinajstić information content (AvgIpc) is 2.57. The van der Waals surface area contributed by atoms with Gasteiger partial charge in [0.1, 0.15) is 4.60 Å². The van der Waals surface area contributed by atoms with Gasteiger partial charge in [0.2, 0.25) is 0 Å². The van der Waals surface area contributed by atoms with E-state index in [4.69, 9.17) is 9.47 Å². The predicted octanol–water partition coefficient (Wildman–Crippen LogP) is 4.46. The van der Waals surface area contributed by atoms with Gasteiger partial charge < -0.3 is 14.2 Å². The zero-order valence-electron chi connectivity index (χ0n) is 13.1. The molecule has 0 N–H and O–H groups in total. The molecule has 0 bridgehead atoms. The number of nitrogens with zero attached hydrogens (tertiary/aromatic N) is 1. The largest absolute Gasteiger partial charge is 0.490 e. The second kappa shape index (κ2) is 9.12. The maximum absolute atomic E-state index is 12.4. The van der Waals surface area contributed by atoms with E-state index in [0.29, 0.717) is 10.2 Å². The van der Waals surface area contributed by atoms with Crippen LogP contribution in [0.25, 0.3) is 6.08 Å². The summed E-state index contributed by atoms with van der Waals surface area (Å²) in [6.45, 7) is -0.949. The van der Waals surface area contributed by atoms with Gasteiger partial charge in [0.05, 0.1) is 6.61 Å². The highest BCUT2D eigenvalue weighted by molar-refractivity contribution is 9.10. The Labute approximate surface area is 151 Å². The number of hydrogen-bond donors (Lipinski definition) is 0. The van der Waals surface area contributed by atoms with Crippen molar-refractivity contribution in [3.63, 3.8) is 0 Å². The fourth-order valence-electron chi connectivity index (χ4n) is 1.84. The summed E-state index contributed by atoms with van der Waals surface area (Å²) < 4.78 is 39.9. The zero-order chi connectivity index (χ0) is 18.2. The maximum Gasteiger partial charge on any atom is 0.387 e. The topological polar surface area (TPSA) is 57.7 Å². The molecule has 5 nitrogen and oxygen atoms in total. The van der Waals surface area contributed by atoms with E-state index in [0.717, 1.165) is 0 Å². The number of alkyl halides is 2. The van der Waals surface area contributed by atoms with Gasteiger partial charge in [-0.05, 0) is 58.8 Å². The molecule has 8 heteroatoms. The number of aromatic nitrogens is 1. The van der Waals surface area contributed by atoms with Gasteiger partial charge in [-0.15, -0.1) is 0 Å². The average molecular weight is 414 g/mol. The normalized spacial score (nSPS) is 10.9. The Kier molecular flexibility index (Phi) is 6.88. The lowest BCUT2D eigenvalue weighted by atomic mass is 10.2. The van der Waals surface area contributed by atoms with Crippen molar-refractivity contribution < 1.29 is 27.8 Å². The molecule has 0 aliphatic heterocycles.